The number of nitrogens with one attached hydrogen (secondary N) is 1. The summed E-state index contributed by atoms with van der Waals surface area (Å²) in [7, 11) is 0. The number of fused-ring (bicyclic) bond motifs is 1. The van der Waals surface area contributed by atoms with Crippen LogP contribution >= 0.6 is 38.6 Å². The molecular formula is C12H9BrN2S2. The van der Waals surface area contributed by atoms with Crippen molar-refractivity contribution in [3.05, 3.63) is 44.5 Å². The van der Waals surface area contributed by atoms with Crippen LogP contribution in [0.5, 0.6) is 0 Å². The van der Waals surface area contributed by atoms with Gasteiger partial charge in [-0.2, -0.15) is 0 Å². The Morgan fingerprint density at radius 2 is 2.18 bits per heavy atom. The summed E-state index contributed by atoms with van der Waals surface area (Å²) in [5.41, 5.74) is 4.09. The third kappa shape index (κ3) is 2.36. The minimum atomic E-state index is 0.850. The van der Waals surface area contributed by atoms with Crippen LogP contribution in [0, 0.1) is 0 Å². The number of benzene rings is 1. The first-order valence-corrected chi connectivity index (χ1v) is 7.67. The average molecular weight is 325 g/mol. The van der Waals surface area contributed by atoms with Crippen LogP contribution in [0.3, 0.4) is 0 Å². The highest BCUT2D eigenvalue weighted by atomic mass is 79.9. The Morgan fingerprint density at radius 1 is 1.24 bits per heavy atom. The van der Waals surface area contributed by atoms with Gasteiger partial charge in [-0.05, 0) is 45.6 Å². The number of thiazole rings is 1. The maximum absolute atomic E-state index is 4.27. The van der Waals surface area contributed by atoms with E-state index in [2.05, 4.69) is 55.9 Å². The third-order valence-corrected chi connectivity index (χ3v) is 5.19. The molecule has 0 unspecified atom stereocenters. The molecule has 5 heteroatoms. The van der Waals surface area contributed by atoms with Gasteiger partial charge in [-0.15, -0.1) is 22.7 Å². The minimum absolute atomic E-state index is 0.850. The van der Waals surface area contributed by atoms with Gasteiger partial charge < -0.3 is 5.32 Å². The van der Waals surface area contributed by atoms with Crippen molar-refractivity contribution in [2.24, 2.45) is 0 Å². The van der Waals surface area contributed by atoms with Gasteiger partial charge >= 0.3 is 0 Å². The van der Waals surface area contributed by atoms with Crippen molar-refractivity contribution in [3.8, 4) is 0 Å². The molecule has 2 aromatic heterocycles. The molecule has 3 rings (SSSR count). The lowest BCUT2D eigenvalue weighted by Crippen LogP contribution is -1.97. The SMILES string of the molecule is Brc1ccsc1CNc1ccc2ncsc2c1. The minimum Gasteiger partial charge on any atom is -0.380 e. The summed E-state index contributed by atoms with van der Waals surface area (Å²) in [6, 6.07) is 8.35. The zero-order valence-electron chi connectivity index (χ0n) is 8.81. The molecule has 0 aliphatic heterocycles. The molecule has 0 spiro atoms. The zero-order chi connectivity index (χ0) is 11.7. The van der Waals surface area contributed by atoms with Crippen LogP contribution in [0.1, 0.15) is 4.88 Å². The Bertz CT molecular complexity index is 645. The highest BCUT2D eigenvalue weighted by Crippen LogP contribution is 2.25. The molecule has 3 aromatic rings. The summed E-state index contributed by atoms with van der Waals surface area (Å²) in [6.07, 6.45) is 0. The van der Waals surface area contributed by atoms with Crippen molar-refractivity contribution < 1.29 is 0 Å². The van der Waals surface area contributed by atoms with Crippen LogP contribution in [-0.2, 0) is 6.54 Å². The van der Waals surface area contributed by atoms with Gasteiger partial charge in [0, 0.05) is 15.0 Å². The lowest BCUT2D eigenvalue weighted by atomic mass is 10.3. The normalized spacial score (nSPS) is 10.9. The molecule has 2 heterocycles. The molecule has 0 radical (unpaired) electrons. The highest BCUT2D eigenvalue weighted by molar-refractivity contribution is 9.10. The molecular weight excluding hydrogens is 316 g/mol. The Kier molecular flexibility index (Phi) is 3.13. The standard InChI is InChI=1S/C12H9BrN2S2/c13-9-3-4-16-12(9)6-14-8-1-2-10-11(5-8)17-7-15-10/h1-5,7,14H,6H2. The number of halogens is 1. The molecule has 0 saturated carbocycles. The lowest BCUT2D eigenvalue weighted by Gasteiger charge is -2.05. The predicted octanol–water partition coefficient (Wildman–Crippen LogP) is 4.73. The van der Waals surface area contributed by atoms with Gasteiger partial charge in [-0.3, -0.25) is 0 Å². The maximum atomic E-state index is 4.27. The van der Waals surface area contributed by atoms with Gasteiger partial charge in [0.15, 0.2) is 0 Å². The molecule has 17 heavy (non-hydrogen) atoms. The molecule has 1 N–H and O–H groups in total. The highest BCUT2D eigenvalue weighted by Gasteiger charge is 2.02. The van der Waals surface area contributed by atoms with Crippen LogP contribution in [-0.4, -0.2) is 4.98 Å². The maximum Gasteiger partial charge on any atom is 0.0813 e. The average Bonchev–Trinajstić information content (AvgIpc) is 2.94. The Labute approximate surface area is 115 Å². The first-order chi connectivity index (χ1) is 8.33. The third-order valence-electron chi connectivity index (χ3n) is 2.48. The van der Waals surface area contributed by atoms with E-state index in [1.165, 1.54) is 14.0 Å². The number of hydrogen-bond acceptors (Lipinski definition) is 4. The van der Waals surface area contributed by atoms with Crippen LogP contribution < -0.4 is 5.32 Å². The second kappa shape index (κ2) is 4.76. The van der Waals surface area contributed by atoms with Crippen molar-refractivity contribution in [2.75, 3.05) is 5.32 Å². The van der Waals surface area contributed by atoms with E-state index < -0.39 is 0 Å². The van der Waals surface area contributed by atoms with E-state index in [0.29, 0.717) is 0 Å². The predicted molar refractivity (Wildman–Crippen MR) is 79.0 cm³/mol. The van der Waals surface area contributed by atoms with Crippen LogP contribution in [0.2, 0.25) is 0 Å². The number of hydrogen-bond donors (Lipinski definition) is 1. The molecule has 0 aliphatic carbocycles. The lowest BCUT2D eigenvalue weighted by molar-refractivity contribution is 1.19. The number of rotatable bonds is 3. The van der Waals surface area contributed by atoms with E-state index in [1.54, 1.807) is 22.7 Å². The molecule has 0 atom stereocenters. The fourth-order valence-corrected chi connectivity index (χ4v) is 3.75. The number of thiophene rings is 1. The first-order valence-electron chi connectivity index (χ1n) is 5.12. The van der Waals surface area contributed by atoms with Gasteiger partial charge in [0.05, 0.1) is 22.3 Å². The van der Waals surface area contributed by atoms with Crippen molar-refractivity contribution in [1.82, 2.24) is 4.98 Å². The molecule has 0 amide bonds. The number of anilines is 1. The monoisotopic (exact) mass is 324 g/mol. The van der Waals surface area contributed by atoms with E-state index >= 15 is 0 Å². The second-order valence-electron chi connectivity index (χ2n) is 3.58. The van der Waals surface area contributed by atoms with Gasteiger partial charge in [-0.25, -0.2) is 4.98 Å². The summed E-state index contributed by atoms with van der Waals surface area (Å²) < 4.78 is 2.40. The van der Waals surface area contributed by atoms with E-state index in [0.717, 1.165) is 17.7 Å². The van der Waals surface area contributed by atoms with Gasteiger partial charge in [0.2, 0.25) is 0 Å². The molecule has 1 aromatic carbocycles. The van der Waals surface area contributed by atoms with Gasteiger partial charge in [-0.1, -0.05) is 0 Å². The van der Waals surface area contributed by atoms with Crippen molar-refractivity contribution >= 4 is 54.5 Å². The molecule has 2 nitrogen and oxygen atoms in total. The summed E-state index contributed by atoms with van der Waals surface area (Å²) in [6.45, 7) is 0.850. The second-order valence-corrected chi connectivity index (χ2v) is 6.32. The molecule has 0 fully saturated rings. The molecule has 0 saturated heterocycles. The quantitative estimate of drug-likeness (QED) is 0.753. The topological polar surface area (TPSA) is 24.9 Å². The smallest absolute Gasteiger partial charge is 0.0813 e. The fourth-order valence-electron chi connectivity index (χ4n) is 1.60. The van der Waals surface area contributed by atoms with E-state index in [-0.39, 0.29) is 0 Å². The first kappa shape index (κ1) is 11.2. The summed E-state index contributed by atoms with van der Waals surface area (Å²) in [4.78, 5) is 5.58. The van der Waals surface area contributed by atoms with Crippen LogP contribution in [0.4, 0.5) is 5.69 Å². The summed E-state index contributed by atoms with van der Waals surface area (Å²) in [5.74, 6) is 0. The van der Waals surface area contributed by atoms with Gasteiger partial charge in [0.25, 0.3) is 0 Å². The molecule has 86 valence electrons. The summed E-state index contributed by atoms with van der Waals surface area (Å²) in [5, 5.41) is 5.52. The molecule has 0 aliphatic rings. The zero-order valence-corrected chi connectivity index (χ0v) is 12.0. The Balaban J connectivity index is 1.78. The van der Waals surface area contributed by atoms with E-state index in [1.807, 2.05) is 5.51 Å². The fraction of sp³-hybridized carbons (Fsp3) is 0.0833. The van der Waals surface area contributed by atoms with Crippen molar-refractivity contribution in [3.63, 3.8) is 0 Å². The van der Waals surface area contributed by atoms with Crippen LogP contribution in [0.15, 0.2) is 39.6 Å². The Morgan fingerprint density at radius 3 is 3.00 bits per heavy atom. The largest absolute Gasteiger partial charge is 0.380 e. The van der Waals surface area contributed by atoms with Gasteiger partial charge in [0.1, 0.15) is 0 Å². The van der Waals surface area contributed by atoms with Crippen molar-refractivity contribution in [2.45, 2.75) is 6.54 Å². The van der Waals surface area contributed by atoms with Crippen molar-refractivity contribution in [1.29, 1.82) is 0 Å². The van der Waals surface area contributed by atoms with E-state index in [4.69, 9.17) is 0 Å². The van der Waals surface area contributed by atoms with E-state index in [9.17, 15) is 0 Å². The number of aromatic nitrogens is 1. The summed E-state index contributed by atoms with van der Waals surface area (Å²) >= 11 is 6.96. The Hall–Kier alpha value is -0.910. The number of nitrogens with zero attached hydrogens (tertiary/aromatic N) is 1. The van der Waals surface area contributed by atoms with Crippen LogP contribution in [0.25, 0.3) is 10.2 Å². The molecule has 0 bridgehead atoms.